The molecule has 1 spiro atoms. The Morgan fingerprint density at radius 3 is 2.27 bits per heavy atom. The lowest BCUT2D eigenvalue weighted by molar-refractivity contribution is -0.130. The molecule has 1 aromatic heterocycles. The summed E-state index contributed by atoms with van der Waals surface area (Å²) in [5, 5.41) is 0. The highest BCUT2D eigenvalue weighted by Gasteiger charge is 2.48. The molecule has 0 atom stereocenters. The van der Waals surface area contributed by atoms with Crippen molar-refractivity contribution in [2.75, 3.05) is 31.1 Å². The van der Waals surface area contributed by atoms with Gasteiger partial charge >= 0.3 is 0 Å². The number of hydrogen-bond donors (Lipinski definition) is 0. The van der Waals surface area contributed by atoms with Crippen molar-refractivity contribution in [1.82, 2.24) is 14.9 Å². The summed E-state index contributed by atoms with van der Waals surface area (Å²) in [4.78, 5) is 25.5. The highest BCUT2D eigenvalue weighted by Crippen LogP contribution is 2.55. The molecule has 5 heteroatoms. The van der Waals surface area contributed by atoms with Gasteiger partial charge in [-0.2, -0.15) is 0 Å². The molecule has 2 saturated carbocycles. The summed E-state index contributed by atoms with van der Waals surface area (Å²) in [6, 6.07) is 0.748. The molecule has 4 rings (SSSR count). The minimum atomic E-state index is 0.372. The van der Waals surface area contributed by atoms with Crippen LogP contribution in [0.15, 0.2) is 12.4 Å². The fraction of sp³-hybridized carbons (Fsp3) is 0.762. The molecule has 0 aromatic carbocycles. The lowest BCUT2D eigenvalue weighted by Gasteiger charge is -2.53. The van der Waals surface area contributed by atoms with Crippen LogP contribution < -0.4 is 4.90 Å². The van der Waals surface area contributed by atoms with Gasteiger partial charge < -0.3 is 4.90 Å². The van der Waals surface area contributed by atoms with Crippen LogP contribution in [-0.4, -0.2) is 52.9 Å². The normalized spacial score (nSPS) is 32.5. The number of aromatic nitrogens is 2. The van der Waals surface area contributed by atoms with Crippen LogP contribution in [0.1, 0.15) is 58.2 Å². The van der Waals surface area contributed by atoms with Crippen molar-refractivity contribution in [1.29, 1.82) is 0 Å². The molecule has 0 radical (unpaired) electrons. The van der Waals surface area contributed by atoms with Crippen molar-refractivity contribution in [3.63, 3.8) is 0 Å². The molecule has 1 aliphatic heterocycles. The van der Waals surface area contributed by atoms with Gasteiger partial charge in [-0.3, -0.25) is 9.69 Å². The van der Waals surface area contributed by atoms with Crippen LogP contribution in [0.25, 0.3) is 0 Å². The molecular weight excluding hydrogens is 324 g/mol. The average molecular weight is 357 g/mol. The number of Topliss-reactive ketones (excluding diaryl/α,β-unsaturated/α-hetero) is 1. The maximum Gasteiger partial charge on any atom is 0.132 e. The topological polar surface area (TPSA) is 49.3 Å². The van der Waals surface area contributed by atoms with Gasteiger partial charge in [-0.15, -0.1) is 0 Å². The van der Waals surface area contributed by atoms with E-state index in [0.717, 1.165) is 63.0 Å². The number of hydrogen-bond acceptors (Lipinski definition) is 5. The van der Waals surface area contributed by atoms with E-state index in [2.05, 4.69) is 26.7 Å². The molecule has 3 aliphatic rings. The molecule has 1 saturated heterocycles. The first kappa shape index (κ1) is 17.9. The van der Waals surface area contributed by atoms with E-state index in [1.165, 1.54) is 25.7 Å². The highest BCUT2D eigenvalue weighted by atomic mass is 16.1. The molecule has 142 valence electrons. The Morgan fingerprint density at radius 2 is 1.73 bits per heavy atom. The van der Waals surface area contributed by atoms with Gasteiger partial charge in [0.15, 0.2) is 0 Å². The van der Waals surface area contributed by atoms with Gasteiger partial charge in [0.05, 0.1) is 18.1 Å². The number of piperazine rings is 1. The van der Waals surface area contributed by atoms with Gasteiger partial charge in [-0.05, 0) is 50.9 Å². The van der Waals surface area contributed by atoms with E-state index in [0.29, 0.717) is 17.1 Å². The zero-order valence-electron chi connectivity index (χ0n) is 16.3. The fourth-order valence-electron chi connectivity index (χ4n) is 5.30. The quantitative estimate of drug-likeness (QED) is 0.830. The van der Waals surface area contributed by atoms with E-state index >= 15 is 0 Å². The van der Waals surface area contributed by atoms with Crippen molar-refractivity contribution < 1.29 is 4.79 Å². The first-order valence-corrected chi connectivity index (χ1v) is 10.4. The Hall–Kier alpha value is -1.49. The van der Waals surface area contributed by atoms with E-state index in [1.807, 2.05) is 12.4 Å². The van der Waals surface area contributed by atoms with Crippen LogP contribution >= 0.6 is 0 Å². The van der Waals surface area contributed by atoms with Crippen LogP contribution in [0, 0.1) is 11.3 Å². The molecule has 0 amide bonds. The van der Waals surface area contributed by atoms with E-state index in [-0.39, 0.29) is 0 Å². The number of aryl methyl sites for hydroxylation is 1. The zero-order valence-corrected chi connectivity index (χ0v) is 16.3. The number of anilines is 1. The van der Waals surface area contributed by atoms with Crippen molar-refractivity contribution in [3.05, 3.63) is 18.2 Å². The number of rotatable bonds is 4. The summed E-state index contributed by atoms with van der Waals surface area (Å²) in [7, 11) is 0. The zero-order chi connectivity index (χ0) is 18.1. The van der Waals surface area contributed by atoms with Crippen LogP contribution in [0.4, 0.5) is 5.69 Å². The second-order valence-electron chi connectivity index (χ2n) is 8.68. The summed E-state index contributed by atoms with van der Waals surface area (Å²) >= 11 is 0. The minimum absolute atomic E-state index is 0.372. The Bertz CT molecular complexity index is 620. The lowest BCUT2D eigenvalue weighted by Crippen LogP contribution is -2.53. The Labute approximate surface area is 157 Å². The van der Waals surface area contributed by atoms with Crippen molar-refractivity contribution >= 4 is 11.5 Å². The third kappa shape index (κ3) is 3.51. The second-order valence-corrected chi connectivity index (χ2v) is 8.68. The molecule has 0 bridgehead atoms. The molecular formula is C21H32N4O. The smallest absolute Gasteiger partial charge is 0.132 e. The fourth-order valence-corrected chi connectivity index (χ4v) is 5.30. The van der Waals surface area contributed by atoms with E-state index in [1.54, 1.807) is 6.92 Å². The number of ketones is 1. The summed E-state index contributed by atoms with van der Waals surface area (Å²) < 4.78 is 0. The van der Waals surface area contributed by atoms with Crippen molar-refractivity contribution in [2.24, 2.45) is 11.3 Å². The molecule has 1 aromatic rings. The summed E-state index contributed by atoms with van der Waals surface area (Å²) in [5.41, 5.74) is 1.68. The van der Waals surface area contributed by atoms with Gasteiger partial charge in [0.2, 0.25) is 0 Å². The molecule has 2 heterocycles. The van der Waals surface area contributed by atoms with E-state index in [9.17, 15) is 4.79 Å². The van der Waals surface area contributed by atoms with Crippen LogP contribution in [0.2, 0.25) is 0 Å². The highest BCUT2D eigenvalue weighted by molar-refractivity contribution is 5.79. The number of carbonyl (C=O) groups is 1. The standard InChI is InChI=1S/C21H32N4O/c1-3-20-22-14-19(15-23-20)25-10-8-24(9-11-25)18-4-6-21(7-5-18)12-17(13-21)16(2)26/h14-15,17-18H,3-13H2,1-2H3/t17-,18-,21?. The van der Waals surface area contributed by atoms with Gasteiger partial charge in [0, 0.05) is 44.6 Å². The Kier molecular flexibility index (Phi) is 5.00. The summed E-state index contributed by atoms with van der Waals surface area (Å²) in [5.74, 6) is 1.70. The van der Waals surface area contributed by atoms with Crippen molar-refractivity contribution in [2.45, 2.75) is 64.8 Å². The Balaban J connectivity index is 1.25. The maximum absolute atomic E-state index is 11.5. The van der Waals surface area contributed by atoms with Crippen LogP contribution in [0.3, 0.4) is 0 Å². The second kappa shape index (κ2) is 7.26. The van der Waals surface area contributed by atoms with Gasteiger partial charge in [-0.25, -0.2) is 9.97 Å². The number of carbonyl (C=O) groups excluding carboxylic acids is 1. The summed E-state index contributed by atoms with van der Waals surface area (Å²) in [6.07, 6.45) is 12.5. The molecule has 26 heavy (non-hydrogen) atoms. The van der Waals surface area contributed by atoms with Gasteiger partial charge in [0.1, 0.15) is 11.6 Å². The minimum Gasteiger partial charge on any atom is -0.366 e. The maximum atomic E-state index is 11.5. The van der Waals surface area contributed by atoms with Gasteiger partial charge in [-0.1, -0.05) is 6.92 Å². The third-order valence-corrected chi connectivity index (χ3v) is 7.15. The molecule has 3 fully saturated rings. The van der Waals surface area contributed by atoms with Crippen LogP contribution in [0.5, 0.6) is 0 Å². The third-order valence-electron chi connectivity index (χ3n) is 7.15. The van der Waals surface area contributed by atoms with E-state index in [4.69, 9.17) is 0 Å². The monoisotopic (exact) mass is 356 g/mol. The molecule has 2 aliphatic carbocycles. The summed E-state index contributed by atoms with van der Waals surface area (Å²) in [6.45, 7) is 8.29. The predicted molar refractivity (Wildman–Crippen MR) is 103 cm³/mol. The largest absolute Gasteiger partial charge is 0.366 e. The SMILES string of the molecule is CCc1ncc(N2CCN([C@H]3CCC4(CC3)C[C@H](C(C)=O)C4)CC2)cn1. The average Bonchev–Trinajstić information content (AvgIpc) is 2.66. The predicted octanol–water partition coefficient (Wildman–Crippen LogP) is 3.09. The van der Waals surface area contributed by atoms with Gasteiger partial charge in [0.25, 0.3) is 0 Å². The first-order chi connectivity index (χ1) is 12.6. The first-order valence-electron chi connectivity index (χ1n) is 10.4. The molecule has 0 N–H and O–H groups in total. The number of nitrogens with zero attached hydrogens (tertiary/aromatic N) is 4. The van der Waals surface area contributed by atoms with Crippen molar-refractivity contribution in [3.8, 4) is 0 Å². The lowest BCUT2D eigenvalue weighted by atomic mass is 9.54. The molecule has 0 unspecified atom stereocenters. The van der Waals surface area contributed by atoms with E-state index < -0.39 is 0 Å². The van der Waals surface area contributed by atoms with Crippen LogP contribution in [-0.2, 0) is 11.2 Å². The molecule has 5 nitrogen and oxygen atoms in total. The Morgan fingerprint density at radius 1 is 1.12 bits per heavy atom.